The number of imide groups is 1. The van der Waals surface area contributed by atoms with E-state index < -0.39 is 52.9 Å². The maximum Gasteiger partial charge on any atom is 0.338 e. The van der Waals surface area contributed by atoms with Gasteiger partial charge < -0.3 is 9.47 Å². The van der Waals surface area contributed by atoms with Crippen LogP contribution in [-0.4, -0.2) is 41.6 Å². The molecule has 0 unspecified atom stereocenters. The number of esters is 1. The summed E-state index contributed by atoms with van der Waals surface area (Å²) in [6.45, 7) is 1.88. The standard InChI is InChI=1S/C29H20ClNO7/c1-2-37-28(36)15-10-12-18(13-11-15)31-26(34)21-22(27(31)35)29(38-23(21)16-6-5-7-17(30)14-16)24(32)19-8-3-4-9-20(19)25(29)33/h3-14,21-23H,2H2,1H3/t21-,22+,23+/m0/s1. The predicted molar refractivity (Wildman–Crippen MR) is 135 cm³/mol. The van der Waals surface area contributed by atoms with Crippen molar-refractivity contribution in [2.75, 3.05) is 11.5 Å². The van der Waals surface area contributed by atoms with Crippen LogP contribution in [0.25, 0.3) is 0 Å². The molecule has 3 atom stereocenters. The summed E-state index contributed by atoms with van der Waals surface area (Å²) in [7, 11) is 0. The predicted octanol–water partition coefficient (Wildman–Crippen LogP) is 4.21. The second-order valence-corrected chi connectivity index (χ2v) is 9.75. The van der Waals surface area contributed by atoms with Crippen molar-refractivity contribution in [3.63, 3.8) is 0 Å². The molecule has 2 aliphatic heterocycles. The van der Waals surface area contributed by atoms with Crippen LogP contribution in [0.4, 0.5) is 5.69 Å². The summed E-state index contributed by atoms with van der Waals surface area (Å²) in [5.41, 5.74) is -0.934. The zero-order valence-electron chi connectivity index (χ0n) is 20.1. The van der Waals surface area contributed by atoms with Crippen molar-refractivity contribution in [1.29, 1.82) is 0 Å². The Bertz CT molecular complexity index is 1510. The summed E-state index contributed by atoms with van der Waals surface area (Å²) in [5.74, 6) is -5.67. The Kier molecular flexibility index (Phi) is 5.55. The molecule has 2 amide bonds. The number of rotatable bonds is 4. The molecule has 3 aliphatic rings. The first-order valence-corrected chi connectivity index (χ1v) is 12.4. The summed E-state index contributed by atoms with van der Waals surface area (Å²) in [4.78, 5) is 68.5. The van der Waals surface area contributed by atoms with E-state index in [4.69, 9.17) is 21.1 Å². The molecule has 1 spiro atoms. The number of fused-ring (bicyclic) bond motifs is 3. The van der Waals surface area contributed by atoms with Crippen molar-refractivity contribution in [3.05, 3.63) is 100 Å². The highest BCUT2D eigenvalue weighted by Gasteiger charge is 2.74. The molecule has 0 saturated carbocycles. The fourth-order valence-corrected chi connectivity index (χ4v) is 5.92. The number of nitrogens with zero attached hydrogens (tertiary/aromatic N) is 1. The molecule has 0 bridgehead atoms. The lowest BCUT2D eigenvalue weighted by molar-refractivity contribution is -0.127. The molecule has 6 rings (SSSR count). The van der Waals surface area contributed by atoms with Crippen LogP contribution in [-0.2, 0) is 19.1 Å². The largest absolute Gasteiger partial charge is 0.462 e. The van der Waals surface area contributed by atoms with E-state index in [0.717, 1.165) is 4.90 Å². The zero-order valence-corrected chi connectivity index (χ0v) is 20.8. The van der Waals surface area contributed by atoms with Crippen LogP contribution in [0.15, 0.2) is 72.8 Å². The van der Waals surface area contributed by atoms with Gasteiger partial charge in [0.15, 0.2) is 0 Å². The number of halogens is 1. The van der Waals surface area contributed by atoms with Gasteiger partial charge in [0.25, 0.3) is 0 Å². The summed E-state index contributed by atoms with van der Waals surface area (Å²) >= 11 is 6.21. The molecular weight excluding hydrogens is 510 g/mol. The molecule has 0 aromatic heterocycles. The first-order chi connectivity index (χ1) is 18.3. The number of hydrogen-bond donors (Lipinski definition) is 0. The molecule has 9 heteroatoms. The fourth-order valence-electron chi connectivity index (χ4n) is 5.72. The van der Waals surface area contributed by atoms with E-state index >= 15 is 0 Å². The van der Waals surface area contributed by atoms with E-state index in [0.29, 0.717) is 10.6 Å². The van der Waals surface area contributed by atoms with Crippen LogP contribution in [0.3, 0.4) is 0 Å². The smallest absolute Gasteiger partial charge is 0.338 e. The van der Waals surface area contributed by atoms with E-state index in [-0.39, 0.29) is 29.0 Å². The topological polar surface area (TPSA) is 107 Å². The Labute approximate surface area is 222 Å². The van der Waals surface area contributed by atoms with E-state index in [1.54, 1.807) is 43.3 Å². The third kappa shape index (κ3) is 3.23. The maximum atomic E-state index is 14.0. The third-order valence-corrected chi connectivity index (χ3v) is 7.57. The van der Waals surface area contributed by atoms with Gasteiger partial charge in [-0.3, -0.25) is 19.2 Å². The van der Waals surface area contributed by atoms with Crippen molar-refractivity contribution >= 4 is 46.6 Å². The van der Waals surface area contributed by atoms with Crippen molar-refractivity contribution in [2.24, 2.45) is 11.8 Å². The molecular formula is C29H20ClNO7. The molecule has 1 aliphatic carbocycles. The molecule has 38 heavy (non-hydrogen) atoms. The number of ketones is 2. The second kappa shape index (κ2) is 8.72. The minimum absolute atomic E-state index is 0.153. The zero-order chi connectivity index (χ0) is 26.8. The molecule has 190 valence electrons. The van der Waals surface area contributed by atoms with Crippen molar-refractivity contribution in [3.8, 4) is 0 Å². The van der Waals surface area contributed by atoms with Crippen LogP contribution in [0, 0.1) is 11.8 Å². The maximum absolute atomic E-state index is 14.0. The van der Waals surface area contributed by atoms with Crippen molar-refractivity contribution in [2.45, 2.75) is 18.6 Å². The minimum atomic E-state index is -2.17. The Morgan fingerprint density at radius 1 is 0.921 bits per heavy atom. The lowest BCUT2D eigenvalue weighted by atomic mass is 9.77. The van der Waals surface area contributed by atoms with Gasteiger partial charge in [-0.15, -0.1) is 0 Å². The average Bonchev–Trinajstić information content (AvgIpc) is 3.49. The average molecular weight is 530 g/mol. The van der Waals surface area contributed by atoms with Gasteiger partial charge >= 0.3 is 5.97 Å². The lowest BCUT2D eigenvalue weighted by Crippen LogP contribution is -2.51. The summed E-state index contributed by atoms with van der Waals surface area (Å²) in [6.07, 6.45) is -1.07. The third-order valence-electron chi connectivity index (χ3n) is 7.33. The van der Waals surface area contributed by atoms with Gasteiger partial charge in [0.1, 0.15) is 0 Å². The Morgan fingerprint density at radius 2 is 1.58 bits per heavy atom. The second-order valence-electron chi connectivity index (χ2n) is 9.32. The number of carbonyl (C=O) groups is 5. The highest BCUT2D eigenvalue weighted by molar-refractivity contribution is 6.37. The van der Waals surface area contributed by atoms with Gasteiger partial charge in [0.05, 0.1) is 35.8 Å². The first-order valence-electron chi connectivity index (χ1n) is 12.1. The van der Waals surface area contributed by atoms with Crippen molar-refractivity contribution < 1.29 is 33.4 Å². The lowest BCUT2D eigenvalue weighted by Gasteiger charge is -2.27. The molecule has 2 fully saturated rings. The summed E-state index contributed by atoms with van der Waals surface area (Å²) in [6, 6.07) is 18.7. The molecule has 2 saturated heterocycles. The number of Topliss-reactive ketones (excluding diaryl/α,β-unsaturated/α-hetero) is 2. The molecule has 8 nitrogen and oxygen atoms in total. The van der Waals surface area contributed by atoms with Gasteiger partial charge in [-0.2, -0.15) is 0 Å². The van der Waals surface area contributed by atoms with Gasteiger partial charge in [0.2, 0.25) is 29.0 Å². The number of amides is 2. The summed E-state index contributed by atoms with van der Waals surface area (Å²) in [5, 5.41) is 0.374. The molecule has 0 radical (unpaired) electrons. The SMILES string of the molecule is CCOC(=O)c1ccc(N2C(=O)[C@@H]3[C@@H](c4cccc(Cl)c4)OC4(C(=O)c5ccccc5C4=O)[C@H]3C2=O)cc1. The van der Waals surface area contributed by atoms with E-state index in [2.05, 4.69) is 0 Å². The van der Waals surface area contributed by atoms with E-state index in [9.17, 15) is 24.0 Å². The number of ether oxygens (including phenoxy) is 2. The molecule has 3 aromatic carbocycles. The molecule has 0 N–H and O–H groups in total. The van der Waals surface area contributed by atoms with Crippen molar-refractivity contribution in [1.82, 2.24) is 0 Å². The molecule has 2 heterocycles. The Hall–Kier alpha value is -4.14. The van der Waals surface area contributed by atoms with Crippen LogP contribution < -0.4 is 4.90 Å². The van der Waals surface area contributed by atoms with Gasteiger partial charge in [-0.25, -0.2) is 9.69 Å². The number of anilines is 1. The fraction of sp³-hybridized carbons (Fsp3) is 0.207. The van der Waals surface area contributed by atoms with Crippen LogP contribution in [0.2, 0.25) is 5.02 Å². The van der Waals surface area contributed by atoms with Gasteiger partial charge in [-0.05, 0) is 48.9 Å². The van der Waals surface area contributed by atoms with Crippen LogP contribution in [0.5, 0.6) is 0 Å². The summed E-state index contributed by atoms with van der Waals surface area (Å²) < 4.78 is 11.2. The quantitative estimate of drug-likeness (QED) is 0.283. The van der Waals surface area contributed by atoms with Crippen LogP contribution >= 0.6 is 11.6 Å². The van der Waals surface area contributed by atoms with E-state index in [1.165, 1.54) is 36.4 Å². The van der Waals surface area contributed by atoms with Gasteiger partial charge in [-0.1, -0.05) is 48.0 Å². The number of benzene rings is 3. The van der Waals surface area contributed by atoms with Crippen LogP contribution in [0.1, 0.15) is 49.7 Å². The Morgan fingerprint density at radius 3 is 2.18 bits per heavy atom. The molecule has 3 aromatic rings. The minimum Gasteiger partial charge on any atom is -0.462 e. The highest BCUT2D eigenvalue weighted by Crippen LogP contribution is 2.57. The first kappa shape index (κ1) is 24.2. The van der Waals surface area contributed by atoms with E-state index in [1.807, 2.05) is 0 Å². The number of carbonyl (C=O) groups excluding carboxylic acids is 5. The monoisotopic (exact) mass is 529 g/mol. The normalized spacial score (nSPS) is 23.2. The number of hydrogen-bond acceptors (Lipinski definition) is 7. The highest BCUT2D eigenvalue weighted by atomic mass is 35.5. The van der Waals surface area contributed by atoms with Gasteiger partial charge in [0, 0.05) is 16.1 Å². The Balaban J connectivity index is 1.47.